The summed E-state index contributed by atoms with van der Waals surface area (Å²) in [6.45, 7) is 22.2. The molecule has 0 saturated carbocycles. The van der Waals surface area contributed by atoms with Crippen molar-refractivity contribution in [2.24, 2.45) is 0 Å². The quantitative estimate of drug-likeness (QED) is 0.484. The molecule has 0 spiro atoms. The zero-order chi connectivity index (χ0) is 13.2. The summed E-state index contributed by atoms with van der Waals surface area (Å²) in [5.41, 5.74) is 0. The lowest BCUT2D eigenvalue weighted by molar-refractivity contribution is 0.248. The van der Waals surface area contributed by atoms with E-state index in [9.17, 15) is 0 Å². The first-order chi connectivity index (χ1) is 6.71. The Balaban J connectivity index is 3.43. The average molecular weight is 311 g/mol. The van der Waals surface area contributed by atoms with E-state index in [1.165, 1.54) is 0 Å². The highest BCUT2D eigenvalue weighted by molar-refractivity contribution is 7.83. The second kappa shape index (κ2) is 3.57. The van der Waals surface area contributed by atoms with E-state index in [1.807, 2.05) is 0 Å². The van der Waals surface area contributed by atoms with Crippen LogP contribution in [0, 0.1) is 0 Å². The Morgan fingerprint density at radius 2 is 1.19 bits per heavy atom. The maximum Gasteiger partial charge on any atom is 0.172 e. The van der Waals surface area contributed by atoms with Crippen molar-refractivity contribution in [3.05, 3.63) is 0 Å². The van der Waals surface area contributed by atoms with Crippen LogP contribution in [0.1, 0.15) is 6.92 Å². The molecule has 1 unspecified atom stereocenters. The summed E-state index contributed by atoms with van der Waals surface area (Å²) in [5.74, 6) is 0. The van der Waals surface area contributed by atoms with E-state index >= 15 is 0 Å². The van der Waals surface area contributed by atoms with Gasteiger partial charge in [-0.3, -0.25) is 0 Å². The molecule has 0 aromatic carbocycles. The van der Waals surface area contributed by atoms with Crippen molar-refractivity contribution in [2.45, 2.75) is 64.0 Å². The molecule has 96 valence electrons. The van der Waals surface area contributed by atoms with Gasteiger partial charge in [0.05, 0.1) is 14.7 Å². The molecule has 0 aliphatic carbocycles. The molecule has 0 aromatic heterocycles. The van der Waals surface area contributed by atoms with E-state index in [0.717, 1.165) is 0 Å². The first-order valence-electron chi connectivity index (χ1n) is 6.10. The SMILES string of the molecule is CC1(Cl)O[Si](C)(C)[Si](C)(C)[Si](C)(C)[Si]1(C)C. The van der Waals surface area contributed by atoms with Gasteiger partial charge in [0.1, 0.15) is 4.68 Å². The monoisotopic (exact) mass is 310 g/mol. The predicted molar refractivity (Wildman–Crippen MR) is 85.3 cm³/mol. The molecule has 1 rings (SSSR count). The molecule has 0 aromatic rings. The predicted octanol–water partition coefficient (Wildman–Crippen LogP) is 4.08. The minimum absolute atomic E-state index is 0.332. The van der Waals surface area contributed by atoms with Crippen LogP contribution in [0.3, 0.4) is 0 Å². The highest BCUT2D eigenvalue weighted by Gasteiger charge is 2.70. The van der Waals surface area contributed by atoms with E-state index in [1.54, 1.807) is 0 Å². The second-order valence-electron chi connectivity index (χ2n) is 7.40. The van der Waals surface area contributed by atoms with Gasteiger partial charge in [0.25, 0.3) is 0 Å². The third-order valence-electron chi connectivity index (χ3n) is 6.19. The van der Waals surface area contributed by atoms with Gasteiger partial charge < -0.3 is 4.43 Å². The van der Waals surface area contributed by atoms with Crippen LogP contribution in [0.5, 0.6) is 0 Å². The molecule has 1 atom stereocenters. The Morgan fingerprint density at radius 1 is 0.812 bits per heavy atom. The van der Waals surface area contributed by atoms with Gasteiger partial charge >= 0.3 is 0 Å². The highest BCUT2D eigenvalue weighted by atomic mass is 35.5. The van der Waals surface area contributed by atoms with E-state index in [-0.39, 0.29) is 4.68 Å². The highest BCUT2D eigenvalue weighted by Crippen LogP contribution is 2.49. The lowest BCUT2D eigenvalue weighted by Crippen LogP contribution is -2.89. The minimum atomic E-state index is -1.57. The fourth-order valence-electron chi connectivity index (χ4n) is 2.83. The number of halogens is 1. The van der Waals surface area contributed by atoms with E-state index < -0.39 is 29.6 Å². The van der Waals surface area contributed by atoms with Crippen LogP contribution in [-0.2, 0) is 4.43 Å². The molecular weight excluding hydrogens is 284 g/mol. The third-order valence-corrected chi connectivity index (χ3v) is 75.1. The molecule has 1 nitrogen and oxygen atoms in total. The summed E-state index contributed by atoms with van der Waals surface area (Å²) >= 11 is 6.79. The van der Waals surface area contributed by atoms with Crippen LogP contribution in [0.2, 0.25) is 52.4 Å². The molecule has 0 radical (unpaired) electrons. The van der Waals surface area contributed by atoms with Crippen LogP contribution in [-0.4, -0.2) is 34.3 Å². The largest absolute Gasteiger partial charge is 0.405 e. The van der Waals surface area contributed by atoms with Crippen LogP contribution in [0.15, 0.2) is 0 Å². The molecular formula is C10H27ClOSi4. The zero-order valence-electron chi connectivity index (χ0n) is 12.3. The minimum Gasteiger partial charge on any atom is -0.405 e. The van der Waals surface area contributed by atoms with Crippen molar-refractivity contribution < 1.29 is 4.43 Å². The lowest BCUT2D eigenvalue weighted by Gasteiger charge is -2.64. The number of rotatable bonds is 0. The summed E-state index contributed by atoms with van der Waals surface area (Å²) in [7, 11) is -5.54. The van der Waals surface area contributed by atoms with E-state index in [0.29, 0.717) is 0 Å². The average Bonchev–Trinajstić information content (AvgIpc) is 1.98. The van der Waals surface area contributed by atoms with Gasteiger partial charge in [-0.2, -0.15) is 0 Å². The van der Waals surface area contributed by atoms with Gasteiger partial charge in [-0.25, -0.2) is 0 Å². The summed E-state index contributed by atoms with van der Waals surface area (Å²) < 4.78 is 6.16. The third kappa shape index (κ3) is 1.62. The molecule has 0 N–H and O–H groups in total. The molecule has 1 fully saturated rings. The molecule has 6 heteroatoms. The zero-order valence-corrected chi connectivity index (χ0v) is 17.0. The smallest absolute Gasteiger partial charge is 0.172 e. The van der Waals surface area contributed by atoms with Gasteiger partial charge in [-0.05, 0) is 20.0 Å². The number of alkyl halides is 1. The van der Waals surface area contributed by atoms with Crippen LogP contribution in [0.4, 0.5) is 0 Å². The van der Waals surface area contributed by atoms with Gasteiger partial charge in [0, 0.05) is 7.11 Å². The summed E-state index contributed by atoms with van der Waals surface area (Å²) in [4.78, 5) is 0. The van der Waals surface area contributed by atoms with Crippen molar-refractivity contribution in [3.8, 4) is 0 Å². The Kier molecular flexibility index (Phi) is 3.39. The molecule has 1 aliphatic rings. The van der Waals surface area contributed by atoms with Gasteiger partial charge in [0.15, 0.2) is 7.83 Å². The molecule has 1 heterocycles. The van der Waals surface area contributed by atoms with E-state index in [2.05, 4.69) is 59.3 Å². The lowest BCUT2D eigenvalue weighted by atomic mass is 10.8. The Bertz CT molecular complexity index is 282. The van der Waals surface area contributed by atoms with Crippen LogP contribution < -0.4 is 0 Å². The molecule has 1 saturated heterocycles. The van der Waals surface area contributed by atoms with Crippen molar-refractivity contribution in [1.29, 1.82) is 0 Å². The molecule has 0 bridgehead atoms. The standard InChI is InChI=1S/C10H27ClOSi4/c1-10(11)12-14(4,5)16(8,9)15(6,7)13(10,2)3/h1-9H3. The van der Waals surface area contributed by atoms with Crippen LogP contribution >= 0.6 is 11.6 Å². The second-order valence-corrected chi connectivity index (χ2v) is 47.7. The van der Waals surface area contributed by atoms with Crippen LogP contribution in [0.25, 0.3) is 0 Å². The first-order valence-corrected chi connectivity index (χ1v) is 21.4. The number of hydrogen-bond acceptors (Lipinski definition) is 1. The maximum atomic E-state index is 6.79. The van der Waals surface area contributed by atoms with E-state index in [4.69, 9.17) is 16.0 Å². The summed E-state index contributed by atoms with van der Waals surface area (Å²) in [5, 5.41) is 0. The molecule has 16 heavy (non-hydrogen) atoms. The van der Waals surface area contributed by atoms with Crippen molar-refractivity contribution in [2.75, 3.05) is 0 Å². The fourth-order valence-corrected chi connectivity index (χ4v) is 75.1. The maximum absolute atomic E-state index is 6.79. The molecule has 0 amide bonds. The topological polar surface area (TPSA) is 9.23 Å². The summed E-state index contributed by atoms with van der Waals surface area (Å²) in [6.07, 6.45) is 0. The fraction of sp³-hybridized carbons (Fsp3) is 1.00. The Labute approximate surface area is 109 Å². The first kappa shape index (κ1) is 15.2. The van der Waals surface area contributed by atoms with Crippen molar-refractivity contribution in [1.82, 2.24) is 0 Å². The van der Waals surface area contributed by atoms with Crippen molar-refractivity contribution in [3.63, 3.8) is 0 Å². The molecule has 1 aliphatic heterocycles. The Hall–Kier alpha value is 1.12. The summed E-state index contributed by atoms with van der Waals surface area (Å²) in [6, 6.07) is 0. The number of hydrogen-bond donors (Lipinski definition) is 0. The van der Waals surface area contributed by atoms with Gasteiger partial charge in [-0.1, -0.05) is 50.9 Å². The van der Waals surface area contributed by atoms with Gasteiger partial charge in [-0.15, -0.1) is 0 Å². The van der Waals surface area contributed by atoms with Gasteiger partial charge in [0.2, 0.25) is 0 Å². The normalized spacial score (nSPS) is 39.4. The van der Waals surface area contributed by atoms with Crippen molar-refractivity contribution >= 4 is 41.2 Å². The Morgan fingerprint density at radius 3 is 1.56 bits per heavy atom.